The summed E-state index contributed by atoms with van der Waals surface area (Å²) in [6.45, 7) is 1.79. The Labute approximate surface area is 198 Å². The van der Waals surface area contributed by atoms with Crippen molar-refractivity contribution in [2.24, 2.45) is 5.92 Å². The van der Waals surface area contributed by atoms with E-state index in [4.69, 9.17) is 4.74 Å². The van der Waals surface area contributed by atoms with Gasteiger partial charge in [0.25, 0.3) is 0 Å². The normalized spacial score (nSPS) is 34.5. The van der Waals surface area contributed by atoms with Crippen LogP contribution in [0.5, 0.6) is 11.5 Å². The van der Waals surface area contributed by atoms with Gasteiger partial charge >= 0.3 is 0 Å². The van der Waals surface area contributed by atoms with E-state index < -0.39 is 17.1 Å². The summed E-state index contributed by atoms with van der Waals surface area (Å²) in [5.74, 6) is 0.962. The molecule has 1 spiro atoms. The zero-order chi connectivity index (χ0) is 23.2. The molecule has 5 aliphatic rings. The number of likely N-dealkylation sites (tertiary alicyclic amines) is 1. The molecule has 2 aliphatic heterocycles. The van der Waals surface area contributed by atoms with Gasteiger partial charge in [0.2, 0.25) is 0 Å². The number of carbonyl (C=O) groups is 1. The highest BCUT2D eigenvalue weighted by Gasteiger charge is 2.74. The van der Waals surface area contributed by atoms with E-state index in [-0.39, 0.29) is 24.0 Å². The average Bonchev–Trinajstić information content (AvgIpc) is 3.57. The minimum Gasteiger partial charge on any atom is -0.504 e. The summed E-state index contributed by atoms with van der Waals surface area (Å²) in [7, 11) is 0. The quantitative estimate of drug-likeness (QED) is 0.693. The largest absolute Gasteiger partial charge is 0.504 e. The van der Waals surface area contributed by atoms with Gasteiger partial charge in [-0.2, -0.15) is 5.26 Å². The number of aliphatic hydroxyl groups is 1. The van der Waals surface area contributed by atoms with E-state index >= 15 is 0 Å². The van der Waals surface area contributed by atoms with Crippen molar-refractivity contribution in [2.75, 3.05) is 13.1 Å². The molecule has 34 heavy (non-hydrogen) atoms. The summed E-state index contributed by atoms with van der Waals surface area (Å²) < 4.78 is 6.26. The molecule has 6 nitrogen and oxygen atoms in total. The number of Topliss-reactive ketones (excluding diaryl/α,β-unsaturated/α-hetero) is 1. The molecule has 2 saturated carbocycles. The number of ketones is 1. The van der Waals surface area contributed by atoms with Gasteiger partial charge in [-0.3, -0.25) is 9.69 Å². The first-order valence-corrected chi connectivity index (χ1v) is 12.2. The van der Waals surface area contributed by atoms with Crippen molar-refractivity contribution < 1.29 is 19.7 Å². The maximum absolute atomic E-state index is 13.9. The predicted octanol–water partition coefficient (Wildman–Crippen LogP) is 3.09. The highest BCUT2D eigenvalue weighted by Crippen LogP contribution is 2.65. The number of hydrogen-bond donors (Lipinski definition) is 2. The van der Waals surface area contributed by atoms with Crippen LogP contribution in [0, 0.1) is 17.2 Å². The Morgan fingerprint density at radius 2 is 2.12 bits per heavy atom. The van der Waals surface area contributed by atoms with Crippen LogP contribution in [-0.2, 0) is 16.6 Å². The lowest BCUT2D eigenvalue weighted by Gasteiger charge is -2.62. The maximum Gasteiger partial charge on any atom is 0.200 e. The van der Waals surface area contributed by atoms with Crippen LogP contribution < -0.4 is 4.74 Å². The molecule has 2 N–H and O–H groups in total. The highest BCUT2D eigenvalue weighted by atomic mass is 16.5. The third-order valence-corrected chi connectivity index (χ3v) is 8.88. The molecule has 0 unspecified atom stereocenters. The van der Waals surface area contributed by atoms with Gasteiger partial charge in [0, 0.05) is 30.1 Å². The summed E-state index contributed by atoms with van der Waals surface area (Å²) in [6, 6.07) is 12.8. The number of nitrogens with zero attached hydrogens (tertiary/aromatic N) is 2. The third kappa shape index (κ3) is 2.49. The van der Waals surface area contributed by atoms with Crippen LogP contribution in [0.15, 0.2) is 42.0 Å². The van der Waals surface area contributed by atoms with Gasteiger partial charge in [-0.25, -0.2) is 0 Å². The maximum atomic E-state index is 13.9. The molecule has 4 atom stereocenters. The second-order valence-electron chi connectivity index (χ2n) is 10.7. The van der Waals surface area contributed by atoms with E-state index in [1.54, 1.807) is 30.3 Å². The van der Waals surface area contributed by atoms with Crippen molar-refractivity contribution in [1.29, 1.82) is 5.26 Å². The van der Waals surface area contributed by atoms with Crippen molar-refractivity contribution in [3.05, 3.63) is 64.2 Å². The Bertz CT molecular complexity index is 1320. The van der Waals surface area contributed by atoms with Gasteiger partial charge < -0.3 is 14.9 Å². The van der Waals surface area contributed by atoms with Gasteiger partial charge in [-0.05, 0) is 73.5 Å². The number of aromatic hydroxyl groups is 1. The molecule has 0 aromatic heterocycles. The molecule has 0 radical (unpaired) electrons. The smallest absolute Gasteiger partial charge is 0.200 e. The number of phenolic OH excluding ortho intramolecular Hbond substituents is 1. The average molecular weight is 455 g/mol. The fourth-order valence-electron chi connectivity index (χ4n) is 7.21. The van der Waals surface area contributed by atoms with Gasteiger partial charge in [0.1, 0.15) is 0 Å². The van der Waals surface area contributed by atoms with Crippen LogP contribution in [0.1, 0.15) is 47.9 Å². The van der Waals surface area contributed by atoms with E-state index in [0.717, 1.165) is 29.8 Å². The number of ether oxygens (including phenoxy) is 1. The molecular weight excluding hydrogens is 428 g/mol. The van der Waals surface area contributed by atoms with Crippen LogP contribution in [-0.4, -0.2) is 51.7 Å². The Hall–Kier alpha value is -3.14. The van der Waals surface area contributed by atoms with Gasteiger partial charge in [-0.1, -0.05) is 18.2 Å². The molecule has 7 rings (SSSR count). The number of phenols is 1. The van der Waals surface area contributed by atoms with Crippen molar-refractivity contribution >= 4 is 11.9 Å². The van der Waals surface area contributed by atoms with E-state index in [2.05, 4.69) is 11.0 Å². The predicted molar refractivity (Wildman–Crippen MR) is 124 cm³/mol. The highest BCUT2D eigenvalue weighted by molar-refractivity contribution is 6.06. The molecule has 3 aliphatic carbocycles. The third-order valence-electron chi connectivity index (χ3n) is 8.88. The fourth-order valence-corrected chi connectivity index (χ4v) is 7.21. The minimum atomic E-state index is -1.18. The number of carbonyl (C=O) groups excluding carboxylic acids is 1. The van der Waals surface area contributed by atoms with E-state index in [1.165, 1.54) is 12.8 Å². The Morgan fingerprint density at radius 3 is 2.91 bits per heavy atom. The number of rotatable bonds is 3. The fraction of sp³-hybridized carbons (Fsp3) is 0.429. The van der Waals surface area contributed by atoms with E-state index in [9.17, 15) is 20.3 Å². The molecule has 3 fully saturated rings. The molecule has 172 valence electrons. The van der Waals surface area contributed by atoms with Gasteiger partial charge in [0.15, 0.2) is 23.4 Å². The van der Waals surface area contributed by atoms with Crippen LogP contribution in [0.3, 0.4) is 0 Å². The first kappa shape index (κ1) is 20.3. The summed E-state index contributed by atoms with van der Waals surface area (Å²) >= 11 is 0. The van der Waals surface area contributed by atoms with Crippen LogP contribution >= 0.6 is 0 Å². The topological polar surface area (TPSA) is 93.8 Å². The van der Waals surface area contributed by atoms with Gasteiger partial charge in [0.05, 0.1) is 22.6 Å². The van der Waals surface area contributed by atoms with E-state index in [0.29, 0.717) is 35.6 Å². The van der Waals surface area contributed by atoms with Crippen LogP contribution in [0.25, 0.3) is 6.08 Å². The second kappa shape index (κ2) is 6.71. The zero-order valence-electron chi connectivity index (χ0n) is 18.8. The molecule has 0 amide bonds. The number of benzene rings is 2. The molecule has 1 saturated heterocycles. The summed E-state index contributed by atoms with van der Waals surface area (Å²) in [5, 5.41) is 32.6. The minimum absolute atomic E-state index is 0.0313. The standard InChI is InChI=1S/C28H26N2O4/c29-14-18-3-1-2-17(10-18)11-20-13-28(33)22-12-19-6-7-21(31)25-23(19)27(28,26(34-25)24(20)32)8-9-30(22)15-16-4-5-16/h1-3,6-7,10-11,16,22,26,31,33H,4-5,8-9,12-13,15H2/b20-11+/t22-,26+,27+,28-/m1/s1. The molecule has 2 aromatic carbocycles. The first-order chi connectivity index (χ1) is 16.4. The molecule has 2 heterocycles. The lowest BCUT2D eigenvalue weighted by molar-refractivity contribution is -0.179. The molecule has 2 bridgehead atoms. The number of hydrogen-bond acceptors (Lipinski definition) is 6. The Balaban J connectivity index is 1.40. The van der Waals surface area contributed by atoms with Crippen molar-refractivity contribution in [1.82, 2.24) is 4.90 Å². The SMILES string of the molecule is N#Cc1cccc(/C=C2\C[C@@]3(O)[C@H]4Cc5ccc(O)c6c5[C@@]3(CCN4CC3CC3)[C@@H](O6)C2=O)c1. The number of piperidine rings is 1. The molecular formula is C28H26N2O4. The summed E-state index contributed by atoms with van der Waals surface area (Å²) in [5.41, 5.74) is 1.71. The monoisotopic (exact) mass is 454 g/mol. The molecule has 2 aromatic rings. The van der Waals surface area contributed by atoms with Gasteiger partial charge in [-0.15, -0.1) is 0 Å². The first-order valence-electron chi connectivity index (χ1n) is 12.2. The van der Waals surface area contributed by atoms with Crippen molar-refractivity contribution in [3.63, 3.8) is 0 Å². The van der Waals surface area contributed by atoms with Crippen LogP contribution in [0.4, 0.5) is 0 Å². The molecule has 6 heteroatoms. The zero-order valence-corrected chi connectivity index (χ0v) is 18.8. The number of nitriles is 1. The summed E-state index contributed by atoms with van der Waals surface area (Å²) in [6.07, 6.45) is 4.97. The van der Waals surface area contributed by atoms with Crippen molar-refractivity contribution in [2.45, 2.75) is 55.3 Å². The lowest BCUT2D eigenvalue weighted by atomic mass is 9.48. The summed E-state index contributed by atoms with van der Waals surface area (Å²) in [4.78, 5) is 16.3. The van der Waals surface area contributed by atoms with Crippen LogP contribution in [0.2, 0.25) is 0 Å². The Kier molecular flexibility index (Phi) is 4.00. The second-order valence-corrected chi connectivity index (χ2v) is 10.7. The van der Waals surface area contributed by atoms with Crippen molar-refractivity contribution in [3.8, 4) is 17.6 Å². The Morgan fingerprint density at radius 1 is 1.26 bits per heavy atom. The van der Waals surface area contributed by atoms with E-state index in [1.807, 2.05) is 12.1 Å². The lowest BCUT2D eigenvalue weighted by Crippen LogP contribution is -2.77.